The molecule has 1 aromatic heterocycles. The van der Waals surface area contributed by atoms with Crippen LogP contribution in [-0.4, -0.2) is 66.2 Å². The van der Waals surface area contributed by atoms with Crippen LogP contribution in [0.25, 0.3) is 0 Å². The van der Waals surface area contributed by atoms with Crippen molar-refractivity contribution in [3.63, 3.8) is 0 Å². The van der Waals surface area contributed by atoms with Gasteiger partial charge in [-0.25, -0.2) is 0 Å². The Kier molecular flexibility index (Phi) is 5.12. The van der Waals surface area contributed by atoms with E-state index in [1.54, 1.807) is 9.78 Å². The number of thiophene rings is 1. The second-order valence-electron chi connectivity index (χ2n) is 8.12. The maximum Gasteiger partial charge on any atom is 0.248 e. The molecule has 0 radical (unpaired) electrons. The second kappa shape index (κ2) is 7.23. The number of carbonyl (C=O) groups excluding carboxylic acids is 1. The fourth-order valence-corrected chi connectivity index (χ4v) is 6.04. The number of aryl methyl sites for hydroxylation is 1. The Bertz CT molecular complexity index is 670. The molecule has 144 valence electrons. The molecule has 2 saturated heterocycles. The number of amides is 1. The number of likely N-dealkylation sites (tertiary alicyclic amines) is 2. The Morgan fingerprint density at radius 3 is 2.96 bits per heavy atom. The highest BCUT2D eigenvalue weighted by Crippen LogP contribution is 2.46. The van der Waals surface area contributed by atoms with E-state index >= 15 is 0 Å². The van der Waals surface area contributed by atoms with E-state index in [1.165, 1.54) is 10.4 Å². The number of aliphatic hydroxyl groups is 1. The van der Waals surface area contributed by atoms with E-state index in [4.69, 9.17) is 9.84 Å². The molecular formula is C20H30N2O3S. The van der Waals surface area contributed by atoms with Crippen LogP contribution < -0.4 is 0 Å². The number of fused-ring (bicyclic) bond motifs is 2. The first-order valence-electron chi connectivity index (χ1n) is 9.93. The number of nitrogens with zero attached hydrogens (tertiary/aromatic N) is 2. The van der Waals surface area contributed by atoms with E-state index in [0.29, 0.717) is 12.0 Å². The van der Waals surface area contributed by atoms with Gasteiger partial charge in [0, 0.05) is 54.3 Å². The number of aliphatic hydroxyl groups excluding tert-OH is 1. The summed E-state index contributed by atoms with van der Waals surface area (Å²) in [5.41, 5.74) is 1.40. The van der Waals surface area contributed by atoms with E-state index in [0.717, 1.165) is 58.5 Å². The molecule has 0 aromatic carbocycles. The molecule has 26 heavy (non-hydrogen) atoms. The van der Waals surface area contributed by atoms with Crippen LogP contribution in [0.4, 0.5) is 0 Å². The summed E-state index contributed by atoms with van der Waals surface area (Å²) in [5, 5.41) is 8.95. The lowest BCUT2D eigenvalue weighted by Gasteiger charge is -2.49. The maximum absolute atomic E-state index is 11.5. The lowest BCUT2D eigenvalue weighted by molar-refractivity contribution is -0.142. The Balaban J connectivity index is 1.39. The van der Waals surface area contributed by atoms with Crippen molar-refractivity contribution in [3.8, 4) is 0 Å². The normalized spacial score (nSPS) is 29.7. The smallest absolute Gasteiger partial charge is 0.248 e. The van der Waals surface area contributed by atoms with Gasteiger partial charge in [-0.2, -0.15) is 0 Å². The van der Waals surface area contributed by atoms with Crippen LogP contribution in [0.5, 0.6) is 0 Å². The van der Waals surface area contributed by atoms with Gasteiger partial charge in [0.1, 0.15) is 6.61 Å². The van der Waals surface area contributed by atoms with Crippen molar-refractivity contribution >= 4 is 17.2 Å². The minimum Gasteiger partial charge on any atom is -0.387 e. The fourth-order valence-electron chi connectivity index (χ4n) is 4.87. The minimum atomic E-state index is -0.366. The Morgan fingerprint density at radius 1 is 1.46 bits per heavy atom. The zero-order valence-electron chi connectivity index (χ0n) is 15.9. The quantitative estimate of drug-likeness (QED) is 0.871. The average molecular weight is 379 g/mol. The fraction of sp³-hybridized carbons (Fsp3) is 0.750. The van der Waals surface area contributed by atoms with Crippen LogP contribution in [-0.2, 0) is 28.0 Å². The molecule has 1 amide bonds. The minimum absolute atomic E-state index is 0.0775. The van der Waals surface area contributed by atoms with Crippen molar-refractivity contribution in [1.29, 1.82) is 0 Å². The van der Waals surface area contributed by atoms with Gasteiger partial charge in [0.05, 0.1) is 12.2 Å². The molecule has 0 unspecified atom stereocenters. The number of ether oxygens (including phenoxy) is 1. The van der Waals surface area contributed by atoms with E-state index in [9.17, 15) is 4.79 Å². The Morgan fingerprint density at radius 2 is 2.27 bits per heavy atom. The first kappa shape index (κ1) is 18.4. The van der Waals surface area contributed by atoms with Crippen molar-refractivity contribution in [2.24, 2.45) is 5.92 Å². The molecule has 2 atom stereocenters. The summed E-state index contributed by atoms with van der Waals surface area (Å²) >= 11 is 1.98. The van der Waals surface area contributed by atoms with E-state index in [2.05, 4.69) is 24.8 Å². The highest BCUT2D eigenvalue weighted by Gasteiger charge is 2.45. The van der Waals surface area contributed by atoms with Crippen LogP contribution in [0.2, 0.25) is 0 Å². The van der Waals surface area contributed by atoms with Gasteiger partial charge in [0.15, 0.2) is 0 Å². The standard InChI is InChI=1S/C20H30N2O3S/c1-3-16-8-17-18(26-16)4-7-25-20(17)5-6-21(14(2)9-20)10-15-11-22(12-15)19(24)13-23/h8,14-15,23H,3-7,9-13H2,1-2H3/t14-,20+/m0/s1. The van der Waals surface area contributed by atoms with Crippen LogP contribution in [0.1, 0.15) is 42.0 Å². The zero-order valence-corrected chi connectivity index (χ0v) is 16.7. The third-order valence-electron chi connectivity index (χ3n) is 6.40. The first-order valence-corrected chi connectivity index (χ1v) is 10.7. The molecular weight excluding hydrogens is 348 g/mol. The number of hydrogen-bond acceptors (Lipinski definition) is 5. The molecule has 1 spiro atoms. The number of carbonyl (C=O) groups is 1. The zero-order chi connectivity index (χ0) is 18.3. The highest BCUT2D eigenvalue weighted by atomic mass is 32.1. The molecule has 1 aromatic rings. The summed E-state index contributed by atoms with van der Waals surface area (Å²) in [6.07, 6.45) is 4.30. The molecule has 1 N–H and O–H groups in total. The molecule has 5 nitrogen and oxygen atoms in total. The van der Waals surface area contributed by atoms with Crippen molar-refractivity contribution in [1.82, 2.24) is 9.80 Å². The number of rotatable bonds is 4. The lowest BCUT2D eigenvalue weighted by atomic mass is 9.79. The monoisotopic (exact) mass is 378 g/mol. The molecule has 2 fully saturated rings. The van der Waals surface area contributed by atoms with Gasteiger partial charge < -0.3 is 19.6 Å². The van der Waals surface area contributed by atoms with Gasteiger partial charge in [0.2, 0.25) is 5.91 Å². The van der Waals surface area contributed by atoms with Crippen LogP contribution >= 0.6 is 11.3 Å². The second-order valence-corrected chi connectivity index (χ2v) is 9.34. The van der Waals surface area contributed by atoms with Gasteiger partial charge in [0.25, 0.3) is 0 Å². The van der Waals surface area contributed by atoms with Gasteiger partial charge in [-0.05, 0) is 37.8 Å². The molecule has 3 aliphatic heterocycles. The van der Waals surface area contributed by atoms with Crippen LogP contribution in [0.15, 0.2) is 6.07 Å². The van der Waals surface area contributed by atoms with Gasteiger partial charge in [-0.3, -0.25) is 4.79 Å². The third kappa shape index (κ3) is 3.21. The predicted molar refractivity (Wildman–Crippen MR) is 102 cm³/mol. The summed E-state index contributed by atoms with van der Waals surface area (Å²) in [7, 11) is 0. The maximum atomic E-state index is 11.5. The van der Waals surface area contributed by atoms with Gasteiger partial charge in [-0.15, -0.1) is 11.3 Å². The highest BCUT2D eigenvalue weighted by molar-refractivity contribution is 7.12. The Labute approximate surface area is 159 Å². The lowest BCUT2D eigenvalue weighted by Crippen LogP contribution is -2.58. The molecule has 0 bridgehead atoms. The van der Waals surface area contributed by atoms with Crippen molar-refractivity contribution < 1.29 is 14.6 Å². The van der Waals surface area contributed by atoms with E-state index in [-0.39, 0.29) is 18.1 Å². The Hall–Kier alpha value is -0.950. The van der Waals surface area contributed by atoms with Gasteiger partial charge >= 0.3 is 0 Å². The SMILES string of the molecule is CCc1cc2c(s1)CCO[C@@]21CCN(CC2CN(C(=O)CO)C2)[C@@H](C)C1. The topological polar surface area (TPSA) is 53.0 Å². The number of piperidine rings is 1. The average Bonchev–Trinajstić information content (AvgIpc) is 3.04. The largest absolute Gasteiger partial charge is 0.387 e. The predicted octanol–water partition coefficient (Wildman–Crippen LogP) is 2.01. The van der Waals surface area contributed by atoms with Crippen LogP contribution in [0.3, 0.4) is 0 Å². The van der Waals surface area contributed by atoms with Crippen molar-refractivity contribution in [3.05, 3.63) is 21.4 Å². The summed E-state index contributed by atoms with van der Waals surface area (Å²) in [6.45, 7) is 8.73. The molecule has 0 aliphatic carbocycles. The van der Waals surface area contributed by atoms with Gasteiger partial charge in [-0.1, -0.05) is 6.92 Å². The molecule has 0 saturated carbocycles. The van der Waals surface area contributed by atoms with E-state index < -0.39 is 0 Å². The van der Waals surface area contributed by atoms with E-state index in [1.807, 2.05) is 11.3 Å². The summed E-state index contributed by atoms with van der Waals surface area (Å²) in [4.78, 5) is 18.9. The summed E-state index contributed by atoms with van der Waals surface area (Å²) in [6, 6.07) is 2.90. The van der Waals surface area contributed by atoms with Crippen LogP contribution in [0, 0.1) is 5.92 Å². The van der Waals surface area contributed by atoms with Crippen molar-refractivity contribution in [2.45, 2.75) is 51.2 Å². The summed E-state index contributed by atoms with van der Waals surface area (Å²) < 4.78 is 6.42. The molecule has 4 rings (SSSR count). The third-order valence-corrected chi connectivity index (χ3v) is 7.74. The molecule has 6 heteroatoms. The van der Waals surface area contributed by atoms with Crippen molar-refractivity contribution in [2.75, 3.05) is 39.4 Å². The molecule has 4 heterocycles. The molecule has 3 aliphatic rings. The summed E-state index contributed by atoms with van der Waals surface area (Å²) in [5.74, 6) is 0.400. The number of hydrogen-bond donors (Lipinski definition) is 1. The first-order chi connectivity index (χ1) is 12.5.